The standard InChI is InChI=1S/C12H12FNO2S/c1-7-6-17-12(14-7)11(15)9-5-8(13)3-4-10(9)16-2/h3-6,11,15H,1-2H3. The number of methoxy groups -OCH3 is 1. The molecule has 1 N–H and O–H groups in total. The lowest BCUT2D eigenvalue weighted by Gasteiger charge is -2.12. The summed E-state index contributed by atoms with van der Waals surface area (Å²) >= 11 is 1.34. The number of aromatic nitrogens is 1. The van der Waals surface area contributed by atoms with Gasteiger partial charge in [0.15, 0.2) is 0 Å². The van der Waals surface area contributed by atoms with E-state index in [4.69, 9.17) is 4.74 Å². The van der Waals surface area contributed by atoms with Crippen LogP contribution in [0.2, 0.25) is 0 Å². The summed E-state index contributed by atoms with van der Waals surface area (Å²) in [5, 5.41) is 12.5. The van der Waals surface area contributed by atoms with Crippen LogP contribution in [-0.4, -0.2) is 17.2 Å². The zero-order chi connectivity index (χ0) is 12.4. The molecule has 0 saturated carbocycles. The molecule has 2 rings (SSSR count). The smallest absolute Gasteiger partial charge is 0.134 e. The molecule has 0 aliphatic heterocycles. The van der Waals surface area contributed by atoms with E-state index in [0.29, 0.717) is 16.3 Å². The van der Waals surface area contributed by atoms with Crippen molar-refractivity contribution in [3.8, 4) is 5.75 Å². The van der Waals surface area contributed by atoms with Crippen molar-refractivity contribution in [2.24, 2.45) is 0 Å². The molecular weight excluding hydrogens is 241 g/mol. The van der Waals surface area contributed by atoms with Crippen molar-refractivity contribution in [1.82, 2.24) is 4.98 Å². The molecule has 5 heteroatoms. The van der Waals surface area contributed by atoms with Gasteiger partial charge in [0.25, 0.3) is 0 Å². The molecular formula is C12H12FNO2S. The Kier molecular flexibility index (Phi) is 3.40. The Morgan fingerprint density at radius 2 is 2.24 bits per heavy atom. The third kappa shape index (κ3) is 2.45. The van der Waals surface area contributed by atoms with E-state index in [0.717, 1.165) is 5.69 Å². The summed E-state index contributed by atoms with van der Waals surface area (Å²) in [6.45, 7) is 1.84. The van der Waals surface area contributed by atoms with E-state index >= 15 is 0 Å². The lowest BCUT2D eigenvalue weighted by Crippen LogP contribution is -2.02. The highest BCUT2D eigenvalue weighted by atomic mass is 32.1. The van der Waals surface area contributed by atoms with Crippen molar-refractivity contribution < 1.29 is 14.2 Å². The van der Waals surface area contributed by atoms with Crippen molar-refractivity contribution in [2.75, 3.05) is 7.11 Å². The van der Waals surface area contributed by atoms with Gasteiger partial charge >= 0.3 is 0 Å². The SMILES string of the molecule is COc1ccc(F)cc1C(O)c1nc(C)cs1. The quantitative estimate of drug-likeness (QED) is 0.914. The second-order valence-electron chi connectivity index (χ2n) is 3.62. The Morgan fingerprint density at radius 1 is 1.47 bits per heavy atom. The van der Waals surface area contributed by atoms with E-state index in [1.54, 1.807) is 0 Å². The summed E-state index contributed by atoms with van der Waals surface area (Å²) in [6, 6.07) is 4.05. The van der Waals surface area contributed by atoms with Gasteiger partial charge in [-0.25, -0.2) is 9.37 Å². The van der Waals surface area contributed by atoms with Crippen LogP contribution in [0, 0.1) is 12.7 Å². The number of hydrogen-bond donors (Lipinski definition) is 1. The third-order valence-electron chi connectivity index (χ3n) is 2.36. The van der Waals surface area contributed by atoms with Crippen molar-refractivity contribution in [3.63, 3.8) is 0 Å². The van der Waals surface area contributed by atoms with Gasteiger partial charge in [-0.2, -0.15) is 0 Å². The van der Waals surface area contributed by atoms with Crippen molar-refractivity contribution >= 4 is 11.3 Å². The zero-order valence-electron chi connectivity index (χ0n) is 9.48. The fourth-order valence-electron chi connectivity index (χ4n) is 1.55. The normalized spacial score (nSPS) is 12.5. The number of nitrogens with zero attached hydrogens (tertiary/aromatic N) is 1. The molecule has 0 amide bonds. The highest BCUT2D eigenvalue weighted by molar-refractivity contribution is 7.09. The molecule has 3 nitrogen and oxygen atoms in total. The third-order valence-corrected chi connectivity index (χ3v) is 3.37. The van der Waals surface area contributed by atoms with Gasteiger partial charge < -0.3 is 9.84 Å². The molecule has 1 aromatic carbocycles. The van der Waals surface area contributed by atoms with Crippen molar-refractivity contribution in [1.29, 1.82) is 0 Å². The number of halogens is 1. The second-order valence-corrected chi connectivity index (χ2v) is 4.51. The van der Waals surface area contributed by atoms with Gasteiger partial charge in [0.1, 0.15) is 22.7 Å². The topological polar surface area (TPSA) is 42.4 Å². The Labute approximate surface area is 103 Å². The number of aryl methyl sites for hydroxylation is 1. The van der Waals surface area contributed by atoms with Crippen LogP contribution >= 0.6 is 11.3 Å². The molecule has 0 spiro atoms. The Balaban J connectivity index is 2.42. The summed E-state index contributed by atoms with van der Waals surface area (Å²) in [5.41, 5.74) is 1.22. The van der Waals surface area contributed by atoms with Crippen molar-refractivity contribution in [3.05, 3.63) is 45.7 Å². The van der Waals surface area contributed by atoms with E-state index in [1.165, 1.54) is 36.6 Å². The number of aliphatic hydroxyl groups excluding tert-OH is 1. The van der Waals surface area contributed by atoms with E-state index in [2.05, 4.69) is 4.98 Å². The molecule has 0 radical (unpaired) electrons. The van der Waals surface area contributed by atoms with E-state index in [1.807, 2.05) is 12.3 Å². The molecule has 1 atom stereocenters. The minimum atomic E-state index is -0.959. The van der Waals surface area contributed by atoms with Gasteiger partial charge in [0.2, 0.25) is 0 Å². The molecule has 0 aliphatic carbocycles. The summed E-state index contributed by atoms with van der Waals surface area (Å²) < 4.78 is 18.3. The maximum Gasteiger partial charge on any atom is 0.134 e. The monoisotopic (exact) mass is 253 g/mol. The summed E-state index contributed by atoms with van der Waals surface area (Å²) in [7, 11) is 1.48. The molecule has 0 fully saturated rings. The van der Waals surface area contributed by atoms with Gasteiger partial charge in [-0.1, -0.05) is 0 Å². The van der Waals surface area contributed by atoms with Crippen LogP contribution in [0.5, 0.6) is 5.75 Å². The van der Waals surface area contributed by atoms with E-state index in [9.17, 15) is 9.50 Å². The maximum atomic E-state index is 13.2. The van der Waals surface area contributed by atoms with Crippen LogP contribution in [0.1, 0.15) is 22.4 Å². The van der Waals surface area contributed by atoms with Crippen molar-refractivity contribution in [2.45, 2.75) is 13.0 Å². The first kappa shape index (κ1) is 12.0. The van der Waals surface area contributed by atoms with Crippen LogP contribution in [0.15, 0.2) is 23.6 Å². The van der Waals surface area contributed by atoms with Gasteiger partial charge in [-0.15, -0.1) is 11.3 Å². The molecule has 0 aliphatic rings. The number of benzene rings is 1. The van der Waals surface area contributed by atoms with Crippen LogP contribution < -0.4 is 4.74 Å². The Bertz CT molecular complexity index is 527. The largest absolute Gasteiger partial charge is 0.496 e. The lowest BCUT2D eigenvalue weighted by atomic mass is 10.1. The van der Waals surface area contributed by atoms with Gasteiger partial charge in [-0.3, -0.25) is 0 Å². The first-order chi connectivity index (χ1) is 8.11. The predicted octanol–water partition coefficient (Wildman–Crippen LogP) is 2.68. The second kappa shape index (κ2) is 4.81. The van der Waals surface area contributed by atoms with Crippen LogP contribution in [0.4, 0.5) is 4.39 Å². The molecule has 90 valence electrons. The Morgan fingerprint density at radius 3 is 2.82 bits per heavy atom. The summed E-state index contributed by atoms with van der Waals surface area (Å²) in [5.74, 6) is 0.0416. The number of rotatable bonds is 3. The molecule has 17 heavy (non-hydrogen) atoms. The summed E-state index contributed by atoms with van der Waals surface area (Å²) in [4.78, 5) is 4.18. The minimum Gasteiger partial charge on any atom is -0.496 e. The maximum absolute atomic E-state index is 13.2. The first-order valence-electron chi connectivity index (χ1n) is 5.05. The Hall–Kier alpha value is -1.46. The average Bonchev–Trinajstić information content (AvgIpc) is 2.75. The van der Waals surface area contributed by atoms with E-state index in [-0.39, 0.29) is 0 Å². The molecule has 1 heterocycles. The van der Waals surface area contributed by atoms with Crippen LogP contribution in [0.3, 0.4) is 0 Å². The number of thiazole rings is 1. The van der Waals surface area contributed by atoms with Gasteiger partial charge in [0.05, 0.1) is 7.11 Å². The number of ether oxygens (including phenoxy) is 1. The van der Waals surface area contributed by atoms with Gasteiger partial charge in [0, 0.05) is 16.6 Å². The fourth-order valence-corrected chi connectivity index (χ4v) is 2.35. The molecule has 1 aromatic heterocycles. The lowest BCUT2D eigenvalue weighted by molar-refractivity contribution is 0.213. The molecule has 0 bridgehead atoms. The highest BCUT2D eigenvalue weighted by Crippen LogP contribution is 2.31. The predicted molar refractivity (Wildman–Crippen MR) is 63.9 cm³/mol. The summed E-state index contributed by atoms with van der Waals surface area (Å²) in [6.07, 6.45) is -0.959. The first-order valence-corrected chi connectivity index (χ1v) is 5.93. The average molecular weight is 253 g/mol. The van der Waals surface area contributed by atoms with Gasteiger partial charge in [-0.05, 0) is 25.1 Å². The minimum absolute atomic E-state index is 0.391. The van der Waals surface area contributed by atoms with E-state index < -0.39 is 11.9 Å². The molecule has 0 saturated heterocycles. The molecule has 1 unspecified atom stereocenters. The number of hydrogen-bond acceptors (Lipinski definition) is 4. The van der Waals surface area contributed by atoms with Crippen LogP contribution in [0.25, 0.3) is 0 Å². The fraction of sp³-hybridized carbons (Fsp3) is 0.250. The van der Waals surface area contributed by atoms with Crippen LogP contribution in [-0.2, 0) is 0 Å². The highest BCUT2D eigenvalue weighted by Gasteiger charge is 2.19. The zero-order valence-corrected chi connectivity index (χ0v) is 10.3. The molecule has 2 aromatic rings. The number of aliphatic hydroxyl groups is 1.